The average molecular weight is 247 g/mol. The van der Waals surface area contributed by atoms with Crippen LogP contribution in [0.2, 0.25) is 0 Å². The molecular formula is C14H26BN3. The summed E-state index contributed by atoms with van der Waals surface area (Å²) in [5, 5.41) is 0. The van der Waals surface area contributed by atoms with Crippen molar-refractivity contribution in [3.8, 4) is 0 Å². The quantitative estimate of drug-likeness (QED) is 0.664. The largest absolute Gasteiger partial charge is 0.360 e. The maximum absolute atomic E-state index is 6.43. The zero-order valence-electron chi connectivity index (χ0n) is 11.9. The number of rotatable bonds is 0. The van der Waals surface area contributed by atoms with Gasteiger partial charge in [-0.05, 0) is 30.6 Å². The molecular weight excluding hydrogens is 221 g/mol. The van der Waals surface area contributed by atoms with Gasteiger partial charge in [0, 0.05) is 26.6 Å². The Labute approximate surface area is 113 Å². The number of nitrogens with two attached hydrogens (primary N) is 1. The highest BCUT2D eigenvalue weighted by Gasteiger charge is 2.40. The third kappa shape index (κ3) is 2.74. The Hall–Kier alpha value is -0.505. The molecule has 3 atom stereocenters. The van der Waals surface area contributed by atoms with Gasteiger partial charge in [0.15, 0.2) is 0 Å². The van der Waals surface area contributed by atoms with E-state index in [1.807, 2.05) is 7.05 Å². The van der Waals surface area contributed by atoms with Gasteiger partial charge in [0.2, 0.25) is 0 Å². The van der Waals surface area contributed by atoms with Crippen LogP contribution in [-0.2, 0) is 0 Å². The SMILES string of the molecule is [B]C1(N)CCCCCCC2C1CCC(=NC)N2C. The number of nitrogens with zero attached hydrogens (tertiary/aromatic N) is 2. The Balaban J connectivity index is 2.22. The van der Waals surface area contributed by atoms with Crippen molar-refractivity contribution in [2.24, 2.45) is 16.6 Å². The van der Waals surface area contributed by atoms with Crippen molar-refractivity contribution in [2.45, 2.75) is 62.8 Å². The van der Waals surface area contributed by atoms with Crippen LogP contribution in [0.15, 0.2) is 4.99 Å². The van der Waals surface area contributed by atoms with E-state index in [-0.39, 0.29) is 0 Å². The average Bonchev–Trinajstić information content (AvgIpc) is 2.40. The first-order chi connectivity index (χ1) is 8.56. The standard InChI is InChI=1S/C14H26BN3/c1-17-13-9-8-11-12(18(13)2)7-5-3-4-6-10-14(11,15)16/h11-12H,3-10,16H2,1-2H3. The van der Waals surface area contributed by atoms with E-state index in [1.54, 1.807) is 0 Å². The Morgan fingerprint density at radius 2 is 2.00 bits per heavy atom. The Kier molecular flexibility index (Phi) is 4.36. The van der Waals surface area contributed by atoms with Crippen molar-refractivity contribution in [2.75, 3.05) is 14.1 Å². The van der Waals surface area contributed by atoms with E-state index in [9.17, 15) is 0 Å². The molecule has 0 aromatic carbocycles. The van der Waals surface area contributed by atoms with Crippen molar-refractivity contribution in [1.82, 2.24) is 4.90 Å². The van der Waals surface area contributed by atoms with Crippen molar-refractivity contribution in [1.29, 1.82) is 0 Å². The van der Waals surface area contributed by atoms with Crippen molar-refractivity contribution in [3.05, 3.63) is 0 Å². The van der Waals surface area contributed by atoms with E-state index in [2.05, 4.69) is 16.9 Å². The number of likely N-dealkylation sites (tertiary alicyclic amines) is 1. The van der Waals surface area contributed by atoms with Gasteiger partial charge >= 0.3 is 0 Å². The highest BCUT2D eigenvalue weighted by molar-refractivity contribution is 6.15. The van der Waals surface area contributed by atoms with Gasteiger partial charge in [-0.1, -0.05) is 25.7 Å². The second-order valence-corrected chi connectivity index (χ2v) is 6.03. The molecule has 1 aliphatic carbocycles. The molecule has 2 aliphatic rings. The van der Waals surface area contributed by atoms with E-state index in [0.717, 1.165) is 19.3 Å². The summed E-state index contributed by atoms with van der Waals surface area (Å²) in [4.78, 5) is 6.75. The van der Waals surface area contributed by atoms with Crippen LogP contribution >= 0.6 is 0 Å². The van der Waals surface area contributed by atoms with Gasteiger partial charge in [-0.3, -0.25) is 4.99 Å². The number of hydrogen-bond acceptors (Lipinski definition) is 2. The normalized spacial score (nSPS) is 40.8. The maximum atomic E-state index is 6.43. The highest BCUT2D eigenvalue weighted by atomic mass is 15.2. The van der Waals surface area contributed by atoms with E-state index in [1.165, 1.54) is 37.9 Å². The molecule has 0 spiro atoms. The van der Waals surface area contributed by atoms with Gasteiger partial charge in [-0.25, -0.2) is 0 Å². The minimum absolute atomic E-state index is 0.408. The number of amidine groups is 1. The zero-order valence-corrected chi connectivity index (χ0v) is 11.9. The number of hydrogen-bond donors (Lipinski definition) is 1. The van der Waals surface area contributed by atoms with Crippen LogP contribution in [0.4, 0.5) is 0 Å². The molecule has 1 heterocycles. The van der Waals surface area contributed by atoms with Gasteiger partial charge in [0.1, 0.15) is 0 Å². The van der Waals surface area contributed by atoms with Crippen molar-refractivity contribution in [3.63, 3.8) is 0 Å². The Morgan fingerprint density at radius 1 is 1.28 bits per heavy atom. The highest BCUT2D eigenvalue weighted by Crippen LogP contribution is 2.36. The smallest absolute Gasteiger partial charge is 0.0985 e. The molecule has 2 rings (SSSR count). The van der Waals surface area contributed by atoms with Crippen LogP contribution < -0.4 is 5.73 Å². The lowest BCUT2D eigenvalue weighted by Crippen LogP contribution is -2.59. The van der Waals surface area contributed by atoms with E-state index in [0.29, 0.717) is 12.0 Å². The predicted octanol–water partition coefficient (Wildman–Crippen LogP) is 1.90. The molecule has 2 radical (unpaired) electrons. The maximum Gasteiger partial charge on any atom is 0.0985 e. The first-order valence-electron chi connectivity index (χ1n) is 7.32. The third-order valence-corrected chi connectivity index (χ3v) is 4.86. The fraction of sp³-hybridized carbons (Fsp3) is 0.929. The minimum atomic E-state index is -0.497. The van der Waals surface area contributed by atoms with Crippen LogP contribution in [0, 0.1) is 5.92 Å². The molecule has 0 bridgehead atoms. The monoisotopic (exact) mass is 247 g/mol. The van der Waals surface area contributed by atoms with Crippen LogP contribution in [0.3, 0.4) is 0 Å². The van der Waals surface area contributed by atoms with E-state index < -0.39 is 5.44 Å². The molecule has 0 amide bonds. The fourth-order valence-corrected chi connectivity index (χ4v) is 3.73. The molecule has 1 saturated heterocycles. The lowest BCUT2D eigenvalue weighted by Gasteiger charge is -2.48. The molecule has 2 fully saturated rings. The molecule has 0 aromatic heterocycles. The zero-order chi connectivity index (χ0) is 13.2. The summed E-state index contributed by atoms with van der Waals surface area (Å²) in [5.41, 5.74) is 5.93. The van der Waals surface area contributed by atoms with Gasteiger partial charge in [0.25, 0.3) is 0 Å². The third-order valence-electron chi connectivity index (χ3n) is 4.86. The summed E-state index contributed by atoms with van der Waals surface area (Å²) in [6, 6.07) is 0.477. The Bertz CT molecular complexity index is 314. The minimum Gasteiger partial charge on any atom is -0.360 e. The number of aliphatic imine (C=N–C) groups is 1. The predicted molar refractivity (Wildman–Crippen MR) is 78.0 cm³/mol. The number of piperidine rings is 1. The summed E-state index contributed by atoms with van der Waals surface area (Å²) in [7, 11) is 10.5. The summed E-state index contributed by atoms with van der Waals surface area (Å²) in [6.45, 7) is 0. The van der Waals surface area contributed by atoms with E-state index >= 15 is 0 Å². The first-order valence-corrected chi connectivity index (χ1v) is 7.32. The lowest BCUT2D eigenvalue weighted by atomic mass is 9.61. The first kappa shape index (κ1) is 13.9. The second-order valence-electron chi connectivity index (χ2n) is 6.03. The molecule has 18 heavy (non-hydrogen) atoms. The summed E-state index contributed by atoms with van der Waals surface area (Å²) < 4.78 is 0. The van der Waals surface area contributed by atoms with E-state index in [4.69, 9.17) is 13.6 Å². The molecule has 4 heteroatoms. The van der Waals surface area contributed by atoms with Gasteiger partial charge in [-0.15, -0.1) is 0 Å². The topological polar surface area (TPSA) is 41.6 Å². The Morgan fingerprint density at radius 3 is 2.72 bits per heavy atom. The summed E-state index contributed by atoms with van der Waals surface area (Å²) >= 11 is 0. The van der Waals surface area contributed by atoms with Crippen molar-refractivity contribution < 1.29 is 0 Å². The van der Waals surface area contributed by atoms with Gasteiger partial charge in [0.05, 0.1) is 13.7 Å². The van der Waals surface area contributed by atoms with Crippen molar-refractivity contribution >= 4 is 13.7 Å². The summed E-state index contributed by atoms with van der Waals surface area (Å²) in [6.07, 6.45) is 9.32. The molecule has 100 valence electrons. The van der Waals surface area contributed by atoms with Gasteiger partial charge in [-0.2, -0.15) is 0 Å². The molecule has 3 nitrogen and oxygen atoms in total. The molecule has 0 aromatic rings. The fourth-order valence-electron chi connectivity index (χ4n) is 3.73. The van der Waals surface area contributed by atoms with Gasteiger partial charge < -0.3 is 10.6 Å². The van der Waals surface area contributed by atoms with Crippen LogP contribution in [-0.4, -0.2) is 44.2 Å². The van der Waals surface area contributed by atoms with Crippen LogP contribution in [0.1, 0.15) is 51.4 Å². The molecule has 1 saturated carbocycles. The molecule has 1 aliphatic heterocycles. The number of fused-ring (bicyclic) bond motifs is 1. The van der Waals surface area contributed by atoms with Crippen LogP contribution in [0.25, 0.3) is 0 Å². The molecule has 2 N–H and O–H groups in total. The summed E-state index contributed by atoms with van der Waals surface area (Å²) in [5.74, 6) is 1.62. The van der Waals surface area contributed by atoms with Crippen LogP contribution in [0.5, 0.6) is 0 Å². The second kappa shape index (κ2) is 5.64. The molecule has 3 unspecified atom stereocenters. The lowest BCUT2D eigenvalue weighted by molar-refractivity contribution is 0.157.